The minimum Gasteiger partial charge on any atom is -0.409 e. The number of hydrogen-bond donors (Lipinski definition) is 4. The van der Waals surface area contributed by atoms with Crippen molar-refractivity contribution in [2.45, 2.75) is 26.7 Å². The third-order valence-corrected chi connectivity index (χ3v) is 3.28. The van der Waals surface area contributed by atoms with Crippen LogP contribution in [0.3, 0.4) is 0 Å². The van der Waals surface area contributed by atoms with Crippen molar-refractivity contribution in [2.75, 3.05) is 11.9 Å². The largest absolute Gasteiger partial charge is 0.409 e. The Kier molecular flexibility index (Phi) is 5.37. The van der Waals surface area contributed by atoms with Crippen molar-refractivity contribution in [1.29, 1.82) is 0 Å². The van der Waals surface area contributed by atoms with Crippen molar-refractivity contribution in [3.8, 4) is 0 Å². The summed E-state index contributed by atoms with van der Waals surface area (Å²) < 4.78 is 0. The minimum atomic E-state index is -0.433. The van der Waals surface area contributed by atoms with E-state index >= 15 is 0 Å². The van der Waals surface area contributed by atoms with E-state index in [4.69, 9.17) is 16.7 Å². The molecule has 0 spiro atoms. The molecule has 20 heavy (non-hydrogen) atoms. The molecule has 0 aliphatic carbocycles. The summed E-state index contributed by atoms with van der Waals surface area (Å²) >= 11 is 0. The SMILES string of the molecule is CC(C)(CCCNc1ccc(C(N)=O)cc1)C(N)=NO. The molecule has 0 unspecified atom stereocenters. The van der Waals surface area contributed by atoms with Crippen molar-refractivity contribution in [3.63, 3.8) is 0 Å². The second kappa shape index (κ2) is 6.79. The van der Waals surface area contributed by atoms with Crippen LogP contribution in [-0.2, 0) is 0 Å². The van der Waals surface area contributed by atoms with Crippen molar-refractivity contribution < 1.29 is 10.0 Å². The Morgan fingerprint density at radius 2 is 1.90 bits per heavy atom. The molecule has 0 saturated heterocycles. The van der Waals surface area contributed by atoms with Gasteiger partial charge in [-0.2, -0.15) is 0 Å². The maximum atomic E-state index is 10.9. The Balaban J connectivity index is 2.40. The summed E-state index contributed by atoms with van der Waals surface area (Å²) in [6, 6.07) is 7.00. The molecule has 0 aliphatic heterocycles. The van der Waals surface area contributed by atoms with Crippen LogP contribution < -0.4 is 16.8 Å². The minimum absolute atomic E-state index is 0.239. The Morgan fingerprint density at radius 1 is 1.30 bits per heavy atom. The van der Waals surface area contributed by atoms with Crippen LogP contribution in [0.5, 0.6) is 0 Å². The van der Waals surface area contributed by atoms with Gasteiger partial charge in [0.15, 0.2) is 0 Å². The number of primary amides is 1. The molecule has 0 aromatic heterocycles. The molecule has 6 heteroatoms. The Hall–Kier alpha value is -2.24. The molecule has 0 fully saturated rings. The predicted octanol–water partition coefficient (Wildman–Crippen LogP) is 1.75. The lowest BCUT2D eigenvalue weighted by Gasteiger charge is -2.22. The highest BCUT2D eigenvalue weighted by atomic mass is 16.4. The van der Waals surface area contributed by atoms with Crippen molar-refractivity contribution in [3.05, 3.63) is 29.8 Å². The van der Waals surface area contributed by atoms with E-state index in [1.807, 2.05) is 26.0 Å². The highest BCUT2D eigenvalue weighted by Gasteiger charge is 2.22. The number of hydrogen-bond acceptors (Lipinski definition) is 4. The topological polar surface area (TPSA) is 114 Å². The smallest absolute Gasteiger partial charge is 0.248 e. The molecular weight excluding hydrogens is 256 g/mol. The molecule has 1 rings (SSSR count). The van der Waals surface area contributed by atoms with E-state index in [1.54, 1.807) is 12.1 Å². The van der Waals surface area contributed by atoms with Crippen LogP contribution in [0.15, 0.2) is 29.4 Å². The standard InChI is InChI=1S/C14H22N4O2/c1-14(2,13(16)18-20)8-3-9-17-11-6-4-10(5-7-11)12(15)19/h4-7,17,20H,3,8-9H2,1-2H3,(H2,15,19)(H2,16,18). The van der Waals surface area contributed by atoms with Gasteiger partial charge in [-0.3, -0.25) is 4.79 Å². The van der Waals surface area contributed by atoms with E-state index in [9.17, 15) is 4.79 Å². The quantitative estimate of drug-likeness (QED) is 0.200. The Bertz CT molecular complexity index is 480. The molecule has 0 radical (unpaired) electrons. The molecule has 0 heterocycles. The number of nitrogens with one attached hydrogen (secondary N) is 1. The average molecular weight is 278 g/mol. The average Bonchev–Trinajstić information content (AvgIpc) is 2.43. The van der Waals surface area contributed by atoms with Gasteiger partial charge >= 0.3 is 0 Å². The van der Waals surface area contributed by atoms with Gasteiger partial charge in [0.1, 0.15) is 5.84 Å². The number of carbonyl (C=O) groups is 1. The zero-order valence-electron chi connectivity index (χ0n) is 11.9. The van der Waals surface area contributed by atoms with Gasteiger partial charge in [0.2, 0.25) is 5.91 Å². The van der Waals surface area contributed by atoms with Gasteiger partial charge in [-0.1, -0.05) is 19.0 Å². The Morgan fingerprint density at radius 3 is 2.40 bits per heavy atom. The fraction of sp³-hybridized carbons (Fsp3) is 0.429. The molecule has 0 bridgehead atoms. The summed E-state index contributed by atoms with van der Waals surface area (Å²) in [6.45, 7) is 4.63. The van der Waals surface area contributed by atoms with Crippen LogP contribution in [0.1, 0.15) is 37.0 Å². The van der Waals surface area contributed by atoms with E-state index < -0.39 is 5.91 Å². The van der Waals surface area contributed by atoms with Gasteiger partial charge in [-0.25, -0.2) is 0 Å². The fourth-order valence-electron chi connectivity index (χ4n) is 1.78. The molecule has 1 aromatic rings. The first kappa shape index (κ1) is 15.8. The Labute approximate surface area is 118 Å². The van der Waals surface area contributed by atoms with Crippen LogP contribution in [-0.4, -0.2) is 23.5 Å². The first-order valence-electron chi connectivity index (χ1n) is 6.48. The number of oxime groups is 1. The van der Waals surface area contributed by atoms with Gasteiger partial charge in [0, 0.05) is 23.2 Å². The van der Waals surface area contributed by atoms with Crippen LogP contribution in [0.25, 0.3) is 0 Å². The normalized spacial score (nSPS) is 12.2. The molecule has 6 N–H and O–H groups in total. The number of benzene rings is 1. The van der Waals surface area contributed by atoms with Gasteiger partial charge in [0.05, 0.1) is 0 Å². The van der Waals surface area contributed by atoms with E-state index in [0.29, 0.717) is 5.56 Å². The van der Waals surface area contributed by atoms with Gasteiger partial charge < -0.3 is 22.0 Å². The molecule has 1 amide bonds. The second-order valence-electron chi connectivity index (χ2n) is 5.34. The van der Waals surface area contributed by atoms with Crippen molar-refractivity contribution >= 4 is 17.4 Å². The summed E-state index contributed by atoms with van der Waals surface area (Å²) in [5.74, 6) is -0.194. The summed E-state index contributed by atoms with van der Waals surface area (Å²) in [5.41, 5.74) is 11.9. The zero-order valence-corrected chi connectivity index (χ0v) is 11.9. The lowest BCUT2D eigenvalue weighted by molar-refractivity contribution is 0.100. The molecule has 1 aromatic carbocycles. The van der Waals surface area contributed by atoms with Crippen molar-refractivity contribution in [2.24, 2.45) is 22.0 Å². The third kappa shape index (κ3) is 4.46. The van der Waals surface area contributed by atoms with E-state index in [0.717, 1.165) is 25.1 Å². The van der Waals surface area contributed by atoms with E-state index in [-0.39, 0.29) is 11.3 Å². The second-order valence-corrected chi connectivity index (χ2v) is 5.34. The van der Waals surface area contributed by atoms with Crippen LogP contribution >= 0.6 is 0 Å². The van der Waals surface area contributed by atoms with E-state index in [2.05, 4.69) is 10.5 Å². The lowest BCUT2D eigenvalue weighted by atomic mass is 9.86. The van der Waals surface area contributed by atoms with Crippen LogP contribution in [0.2, 0.25) is 0 Å². The molecular formula is C14H22N4O2. The van der Waals surface area contributed by atoms with Crippen molar-refractivity contribution in [1.82, 2.24) is 0 Å². The molecule has 0 atom stereocenters. The number of amidine groups is 1. The predicted molar refractivity (Wildman–Crippen MR) is 79.9 cm³/mol. The zero-order chi connectivity index (χ0) is 15.2. The highest BCUT2D eigenvalue weighted by Crippen LogP contribution is 2.22. The number of nitrogens with zero attached hydrogens (tertiary/aromatic N) is 1. The molecule has 0 aliphatic rings. The van der Waals surface area contributed by atoms with Gasteiger partial charge in [0.25, 0.3) is 0 Å². The number of carbonyl (C=O) groups excluding carboxylic acids is 1. The maximum absolute atomic E-state index is 10.9. The highest BCUT2D eigenvalue weighted by molar-refractivity contribution is 5.93. The first-order valence-corrected chi connectivity index (χ1v) is 6.48. The van der Waals surface area contributed by atoms with Gasteiger partial charge in [-0.15, -0.1) is 0 Å². The number of amides is 1. The van der Waals surface area contributed by atoms with Crippen LogP contribution in [0, 0.1) is 5.41 Å². The number of rotatable bonds is 7. The number of anilines is 1. The molecule has 110 valence electrons. The first-order chi connectivity index (χ1) is 9.36. The van der Waals surface area contributed by atoms with Gasteiger partial charge in [-0.05, 0) is 37.1 Å². The van der Waals surface area contributed by atoms with E-state index in [1.165, 1.54) is 0 Å². The maximum Gasteiger partial charge on any atom is 0.248 e. The summed E-state index contributed by atoms with van der Waals surface area (Å²) in [5, 5.41) is 15.0. The lowest BCUT2D eigenvalue weighted by Crippen LogP contribution is -2.32. The summed E-state index contributed by atoms with van der Waals surface area (Å²) in [7, 11) is 0. The fourth-order valence-corrected chi connectivity index (χ4v) is 1.78. The molecule has 0 saturated carbocycles. The number of nitrogens with two attached hydrogens (primary N) is 2. The summed E-state index contributed by atoms with van der Waals surface area (Å²) in [4.78, 5) is 10.9. The monoisotopic (exact) mass is 278 g/mol. The third-order valence-electron chi connectivity index (χ3n) is 3.28. The summed E-state index contributed by atoms with van der Waals surface area (Å²) in [6.07, 6.45) is 1.68. The van der Waals surface area contributed by atoms with Crippen LogP contribution in [0.4, 0.5) is 5.69 Å². The molecule has 6 nitrogen and oxygen atoms in total.